The van der Waals surface area contributed by atoms with Crippen molar-refractivity contribution in [3.63, 3.8) is 0 Å². The van der Waals surface area contributed by atoms with Crippen molar-refractivity contribution in [2.24, 2.45) is 5.92 Å². The van der Waals surface area contributed by atoms with Gasteiger partial charge < -0.3 is 10.0 Å². The monoisotopic (exact) mass is 293 g/mol. The molecule has 1 atom stereocenters. The molecular formula is C15H19NO3S. The van der Waals surface area contributed by atoms with Crippen LogP contribution in [0.4, 0.5) is 0 Å². The zero-order chi connectivity index (χ0) is 14.4. The Balaban J connectivity index is 1.85. The van der Waals surface area contributed by atoms with Crippen molar-refractivity contribution in [2.75, 3.05) is 13.1 Å². The van der Waals surface area contributed by atoms with E-state index < -0.39 is 5.97 Å². The van der Waals surface area contributed by atoms with E-state index in [1.807, 2.05) is 28.5 Å². The molecule has 1 fully saturated rings. The first-order valence-corrected chi connectivity index (χ1v) is 7.75. The summed E-state index contributed by atoms with van der Waals surface area (Å²) in [4.78, 5) is 25.6. The van der Waals surface area contributed by atoms with Gasteiger partial charge in [-0.15, -0.1) is 11.3 Å². The third-order valence-corrected chi connectivity index (χ3v) is 4.37. The molecule has 1 aliphatic rings. The summed E-state index contributed by atoms with van der Waals surface area (Å²) in [5.41, 5.74) is 0. The van der Waals surface area contributed by atoms with E-state index in [1.165, 1.54) is 0 Å². The van der Waals surface area contributed by atoms with Crippen LogP contribution in [-0.4, -0.2) is 35.0 Å². The zero-order valence-corrected chi connectivity index (χ0v) is 12.1. The van der Waals surface area contributed by atoms with Crippen LogP contribution in [0.3, 0.4) is 0 Å². The normalized spacial score (nSPS) is 19.4. The number of thiophene rings is 1. The van der Waals surface area contributed by atoms with Gasteiger partial charge in [0.1, 0.15) is 0 Å². The van der Waals surface area contributed by atoms with Gasteiger partial charge in [0.2, 0.25) is 5.91 Å². The minimum atomic E-state index is -0.758. The molecule has 1 aromatic heterocycles. The van der Waals surface area contributed by atoms with E-state index in [0.29, 0.717) is 18.9 Å². The molecule has 0 bridgehead atoms. The summed E-state index contributed by atoms with van der Waals surface area (Å²) in [6, 6.07) is 3.93. The Hall–Kier alpha value is -1.62. The van der Waals surface area contributed by atoms with Crippen LogP contribution in [0, 0.1) is 5.92 Å². The minimum Gasteiger partial charge on any atom is -0.481 e. The number of aliphatic carboxylic acids is 1. The Morgan fingerprint density at radius 2 is 2.35 bits per heavy atom. The van der Waals surface area contributed by atoms with Gasteiger partial charge in [0.15, 0.2) is 0 Å². The number of hydrogen-bond donors (Lipinski definition) is 1. The SMILES string of the molecule is O=C(O)CC[C@@H]1CCCN(C(=O)/C=C\c2cccs2)C1. The van der Waals surface area contributed by atoms with Gasteiger partial charge >= 0.3 is 5.97 Å². The molecule has 5 heteroatoms. The number of carboxylic acid groups (broad SMARTS) is 1. The van der Waals surface area contributed by atoms with Gasteiger partial charge in [0.25, 0.3) is 0 Å². The summed E-state index contributed by atoms with van der Waals surface area (Å²) in [6.07, 6.45) is 6.29. The van der Waals surface area contributed by atoms with Crippen molar-refractivity contribution >= 4 is 29.3 Å². The Labute approximate surface area is 122 Å². The number of likely N-dealkylation sites (tertiary alicyclic amines) is 1. The quantitative estimate of drug-likeness (QED) is 0.849. The molecule has 1 aromatic rings. The molecule has 1 N–H and O–H groups in total. The summed E-state index contributed by atoms with van der Waals surface area (Å²) in [5.74, 6) is -0.414. The average molecular weight is 293 g/mol. The molecule has 0 saturated carbocycles. The predicted molar refractivity (Wildman–Crippen MR) is 79.5 cm³/mol. The molecule has 20 heavy (non-hydrogen) atoms. The number of nitrogens with zero attached hydrogens (tertiary/aromatic N) is 1. The maximum Gasteiger partial charge on any atom is 0.303 e. The fourth-order valence-corrected chi connectivity index (χ4v) is 3.09. The van der Waals surface area contributed by atoms with E-state index in [1.54, 1.807) is 17.4 Å². The molecule has 0 radical (unpaired) electrons. The Bertz CT molecular complexity index is 481. The van der Waals surface area contributed by atoms with E-state index in [9.17, 15) is 9.59 Å². The third kappa shape index (κ3) is 4.49. The molecule has 4 nitrogen and oxygen atoms in total. The van der Waals surface area contributed by atoms with Crippen LogP contribution in [0.1, 0.15) is 30.6 Å². The van der Waals surface area contributed by atoms with E-state index in [4.69, 9.17) is 5.11 Å². The number of carboxylic acids is 1. The maximum atomic E-state index is 12.1. The van der Waals surface area contributed by atoms with E-state index >= 15 is 0 Å². The highest BCUT2D eigenvalue weighted by Crippen LogP contribution is 2.21. The molecule has 1 aliphatic heterocycles. The van der Waals surface area contributed by atoms with Crippen molar-refractivity contribution < 1.29 is 14.7 Å². The van der Waals surface area contributed by atoms with Crippen LogP contribution in [0.2, 0.25) is 0 Å². The first-order chi connectivity index (χ1) is 9.65. The fourth-order valence-electron chi connectivity index (χ4n) is 2.47. The lowest BCUT2D eigenvalue weighted by molar-refractivity contribution is -0.137. The fraction of sp³-hybridized carbons (Fsp3) is 0.467. The number of carbonyl (C=O) groups excluding carboxylic acids is 1. The highest BCUT2D eigenvalue weighted by Gasteiger charge is 2.22. The summed E-state index contributed by atoms with van der Waals surface area (Å²) >= 11 is 1.60. The summed E-state index contributed by atoms with van der Waals surface area (Å²) in [5, 5.41) is 10.7. The van der Waals surface area contributed by atoms with Crippen molar-refractivity contribution in [1.29, 1.82) is 0 Å². The van der Waals surface area contributed by atoms with E-state index in [-0.39, 0.29) is 12.3 Å². The van der Waals surface area contributed by atoms with Crippen LogP contribution in [0.25, 0.3) is 6.08 Å². The highest BCUT2D eigenvalue weighted by molar-refractivity contribution is 7.10. The molecular weight excluding hydrogens is 274 g/mol. The van der Waals surface area contributed by atoms with Crippen LogP contribution >= 0.6 is 11.3 Å². The molecule has 2 heterocycles. The van der Waals surface area contributed by atoms with E-state index in [0.717, 1.165) is 24.3 Å². The second kappa shape index (κ2) is 7.24. The van der Waals surface area contributed by atoms with Crippen molar-refractivity contribution in [3.8, 4) is 0 Å². The minimum absolute atomic E-state index is 0.0263. The van der Waals surface area contributed by atoms with Gasteiger partial charge in [-0.1, -0.05) is 6.07 Å². The van der Waals surface area contributed by atoms with Crippen LogP contribution < -0.4 is 0 Å². The standard InChI is InChI=1S/C15H19NO3S/c17-14(7-6-13-4-2-10-20-13)16-9-1-3-12(11-16)5-8-15(18)19/h2,4,6-7,10,12H,1,3,5,8-9,11H2,(H,18,19)/b7-6-/t12-/m0/s1. The first kappa shape index (κ1) is 14.8. The maximum absolute atomic E-state index is 12.1. The van der Waals surface area contributed by atoms with Crippen LogP contribution in [0.15, 0.2) is 23.6 Å². The molecule has 0 unspecified atom stereocenters. The Morgan fingerprint density at radius 1 is 1.50 bits per heavy atom. The Kier molecular flexibility index (Phi) is 5.35. The Morgan fingerprint density at radius 3 is 3.05 bits per heavy atom. The molecule has 0 aromatic carbocycles. The molecule has 108 valence electrons. The molecule has 1 amide bonds. The average Bonchev–Trinajstić information content (AvgIpc) is 2.96. The number of carbonyl (C=O) groups is 2. The number of amides is 1. The number of piperidine rings is 1. The van der Waals surface area contributed by atoms with Crippen molar-refractivity contribution in [2.45, 2.75) is 25.7 Å². The van der Waals surface area contributed by atoms with E-state index in [2.05, 4.69) is 0 Å². The molecule has 2 rings (SSSR count). The van der Waals surface area contributed by atoms with Crippen molar-refractivity contribution in [1.82, 2.24) is 4.90 Å². The summed E-state index contributed by atoms with van der Waals surface area (Å²) < 4.78 is 0. The van der Waals surface area contributed by atoms with Gasteiger partial charge in [0.05, 0.1) is 0 Å². The first-order valence-electron chi connectivity index (χ1n) is 6.87. The largest absolute Gasteiger partial charge is 0.481 e. The smallest absolute Gasteiger partial charge is 0.303 e. The summed E-state index contributed by atoms with van der Waals surface area (Å²) in [6.45, 7) is 1.46. The molecule has 1 saturated heterocycles. The van der Waals surface area contributed by atoms with Gasteiger partial charge in [-0.2, -0.15) is 0 Å². The van der Waals surface area contributed by atoms with Gasteiger partial charge in [-0.25, -0.2) is 0 Å². The van der Waals surface area contributed by atoms with Gasteiger partial charge in [-0.05, 0) is 42.7 Å². The summed E-state index contributed by atoms with van der Waals surface area (Å²) in [7, 11) is 0. The van der Waals surface area contributed by atoms with Gasteiger partial charge in [-0.3, -0.25) is 9.59 Å². The topological polar surface area (TPSA) is 57.6 Å². The lowest BCUT2D eigenvalue weighted by atomic mass is 9.93. The third-order valence-electron chi connectivity index (χ3n) is 3.53. The lowest BCUT2D eigenvalue weighted by Crippen LogP contribution is -2.39. The van der Waals surface area contributed by atoms with Gasteiger partial charge in [0, 0.05) is 30.5 Å². The second-order valence-corrected chi connectivity index (χ2v) is 6.05. The second-order valence-electron chi connectivity index (χ2n) is 5.07. The van der Waals surface area contributed by atoms with Crippen LogP contribution in [-0.2, 0) is 9.59 Å². The lowest BCUT2D eigenvalue weighted by Gasteiger charge is -2.31. The molecule has 0 spiro atoms. The van der Waals surface area contributed by atoms with Crippen LogP contribution in [0.5, 0.6) is 0 Å². The number of rotatable bonds is 5. The zero-order valence-electron chi connectivity index (χ0n) is 11.3. The van der Waals surface area contributed by atoms with Crippen molar-refractivity contribution in [3.05, 3.63) is 28.5 Å². The highest BCUT2D eigenvalue weighted by atomic mass is 32.1. The number of hydrogen-bond acceptors (Lipinski definition) is 3. The molecule has 0 aliphatic carbocycles. The predicted octanol–water partition coefficient (Wildman–Crippen LogP) is 2.86.